The minimum absolute atomic E-state index is 0.266. The Bertz CT molecular complexity index is 1380. The fourth-order valence-corrected chi connectivity index (χ4v) is 4.68. The monoisotopic (exact) mass is 510 g/mol. The maximum Gasteiger partial charge on any atom is 0.231 e. The van der Waals surface area contributed by atoms with Gasteiger partial charge in [-0.05, 0) is 37.6 Å². The lowest BCUT2D eigenvalue weighted by atomic mass is 10.0. The number of anilines is 3. The highest BCUT2D eigenvalue weighted by Gasteiger charge is 2.27. The second kappa shape index (κ2) is 11.1. The van der Waals surface area contributed by atoms with Crippen LogP contribution in [-0.2, 0) is 24.3 Å². The SMILES string of the molecule is CC1COCCN1c1nc(-c2ccc(Nc3nccc(OCc4ccccc4)n3)nc2)nc2c1CCNC2. The average Bonchev–Trinajstić information content (AvgIpc) is 2.97. The van der Waals surface area contributed by atoms with Crippen LogP contribution >= 0.6 is 0 Å². The first-order valence-electron chi connectivity index (χ1n) is 12.9. The molecule has 38 heavy (non-hydrogen) atoms. The Hall–Kier alpha value is -4.15. The minimum atomic E-state index is 0.266. The zero-order valence-electron chi connectivity index (χ0n) is 21.3. The zero-order chi connectivity index (χ0) is 25.7. The Morgan fingerprint density at radius 3 is 2.84 bits per heavy atom. The molecule has 10 nitrogen and oxygen atoms in total. The van der Waals surface area contributed by atoms with Crippen molar-refractivity contribution in [2.24, 2.45) is 0 Å². The third-order valence-corrected chi connectivity index (χ3v) is 6.68. The van der Waals surface area contributed by atoms with Crippen LogP contribution in [0, 0.1) is 0 Å². The van der Waals surface area contributed by atoms with Gasteiger partial charge in [-0.25, -0.2) is 19.9 Å². The van der Waals surface area contributed by atoms with Gasteiger partial charge in [-0.3, -0.25) is 0 Å². The molecule has 1 unspecified atom stereocenters. The van der Waals surface area contributed by atoms with Gasteiger partial charge in [0.25, 0.3) is 0 Å². The summed E-state index contributed by atoms with van der Waals surface area (Å²) in [4.78, 5) is 25.6. The molecule has 1 aromatic carbocycles. The lowest BCUT2D eigenvalue weighted by molar-refractivity contribution is 0.0984. The van der Waals surface area contributed by atoms with Crippen molar-refractivity contribution in [2.75, 3.05) is 36.5 Å². The smallest absolute Gasteiger partial charge is 0.231 e. The lowest BCUT2D eigenvalue weighted by Crippen LogP contribution is -2.45. The quantitative estimate of drug-likeness (QED) is 0.383. The van der Waals surface area contributed by atoms with Crippen LogP contribution in [0.1, 0.15) is 23.7 Å². The maximum absolute atomic E-state index is 5.82. The molecule has 0 saturated carbocycles. The van der Waals surface area contributed by atoms with Crippen LogP contribution < -0.4 is 20.3 Å². The Labute approximate surface area is 221 Å². The molecule has 2 aliphatic rings. The molecule has 0 bridgehead atoms. The van der Waals surface area contributed by atoms with E-state index in [1.54, 1.807) is 18.5 Å². The van der Waals surface area contributed by atoms with Crippen LogP contribution in [0.25, 0.3) is 11.4 Å². The van der Waals surface area contributed by atoms with Crippen molar-refractivity contribution < 1.29 is 9.47 Å². The summed E-state index contributed by atoms with van der Waals surface area (Å²) in [6.07, 6.45) is 4.36. The number of nitrogens with one attached hydrogen (secondary N) is 2. The summed E-state index contributed by atoms with van der Waals surface area (Å²) in [5, 5.41) is 6.59. The fourth-order valence-electron chi connectivity index (χ4n) is 4.68. The van der Waals surface area contributed by atoms with E-state index in [0.717, 1.165) is 48.7 Å². The van der Waals surface area contributed by atoms with E-state index in [1.165, 1.54) is 5.56 Å². The molecular weight excluding hydrogens is 480 g/mol. The van der Waals surface area contributed by atoms with Gasteiger partial charge >= 0.3 is 0 Å². The van der Waals surface area contributed by atoms with Gasteiger partial charge in [0, 0.05) is 42.7 Å². The fraction of sp³-hybridized carbons (Fsp3) is 0.321. The summed E-state index contributed by atoms with van der Waals surface area (Å²) in [6.45, 7) is 6.53. The molecule has 3 aromatic heterocycles. The van der Waals surface area contributed by atoms with Crippen molar-refractivity contribution >= 4 is 17.6 Å². The second-order valence-corrected chi connectivity index (χ2v) is 9.39. The summed E-state index contributed by atoms with van der Waals surface area (Å²) in [7, 11) is 0. The molecule has 4 aromatic rings. The van der Waals surface area contributed by atoms with E-state index in [9.17, 15) is 0 Å². The molecule has 0 aliphatic carbocycles. The highest BCUT2D eigenvalue weighted by atomic mass is 16.5. The topological polar surface area (TPSA) is 110 Å². The number of pyridine rings is 1. The van der Waals surface area contributed by atoms with Crippen molar-refractivity contribution in [1.82, 2.24) is 30.2 Å². The molecule has 5 heterocycles. The Balaban J connectivity index is 1.19. The highest BCUT2D eigenvalue weighted by molar-refractivity contribution is 5.63. The maximum atomic E-state index is 5.82. The number of aromatic nitrogens is 5. The number of ether oxygens (including phenoxy) is 2. The normalized spacial score (nSPS) is 17.1. The summed E-state index contributed by atoms with van der Waals surface area (Å²) >= 11 is 0. The predicted octanol–water partition coefficient (Wildman–Crippen LogP) is 3.52. The van der Waals surface area contributed by atoms with Gasteiger partial charge in [-0.2, -0.15) is 4.98 Å². The Morgan fingerprint density at radius 1 is 1.08 bits per heavy atom. The largest absolute Gasteiger partial charge is 0.473 e. The Kier molecular flexibility index (Phi) is 7.05. The van der Waals surface area contributed by atoms with E-state index in [2.05, 4.69) is 37.4 Å². The average molecular weight is 511 g/mol. The van der Waals surface area contributed by atoms with Crippen LogP contribution in [-0.4, -0.2) is 57.3 Å². The number of nitrogens with zero attached hydrogens (tertiary/aromatic N) is 6. The van der Waals surface area contributed by atoms with Crippen molar-refractivity contribution in [1.29, 1.82) is 0 Å². The van der Waals surface area contributed by atoms with Gasteiger partial charge in [0.2, 0.25) is 11.8 Å². The van der Waals surface area contributed by atoms with E-state index < -0.39 is 0 Å². The van der Waals surface area contributed by atoms with E-state index in [0.29, 0.717) is 43.3 Å². The van der Waals surface area contributed by atoms with Crippen LogP contribution in [0.3, 0.4) is 0 Å². The van der Waals surface area contributed by atoms with Gasteiger partial charge in [0.1, 0.15) is 18.2 Å². The minimum Gasteiger partial charge on any atom is -0.473 e. The molecular formula is C28H30N8O2. The molecule has 1 atom stereocenters. The van der Waals surface area contributed by atoms with Gasteiger partial charge < -0.3 is 25.0 Å². The first kappa shape index (κ1) is 24.2. The Morgan fingerprint density at radius 2 is 2.00 bits per heavy atom. The summed E-state index contributed by atoms with van der Waals surface area (Å²) in [5.41, 5.74) is 4.22. The zero-order valence-corrected chi connectivity index (χ0v) is 21.3. The molecule has 2 N–H and O–H groups in total. The lowest BCUT2D eigenvalue weighted by Gasteiger charge is -2.36. The molecule has 2 aliphatic heterocycles. The highest BCUT2D eigenvalue weighted by Crippen LogP contribution is 2.30. The number of rotatable bonds is 7. The van der Waals surface area contributed by atoms with Crippen molar-refractivity contribution in [3.05, 3.63) is 77.7 Å². The summed E-state index contributed by atoms with van der Waals surface area (Å²) in [5.74, 6) is 3.22. The molecule has 0 amide bonds. The molecule has 0 radical (unpaired) electrons. The number of morpholine rings is 1. The third-order valence-electron chi connectivity index (χ3n) is 6.68. The molecule has 6 rings (SSSR count). The summed E-state index contributed by atoms with van der Waals surface area (Å²) in [6, 6.07) is 15.8. The van der Waals surface area contributed by atoms with E-state index in [1.807, 2.05) is 42.5 Å². The van der Waals surface area contributed by atoms with Crippen molar-refractivity contribution in [3.8, 4) is 17.3 Å². The van der Waals surface area contributed by atoms with Crippen molar-refractivity contribution in [2.45, 2.75) is 32.5 Å². The first-order chi connectivity index (χ1) is 18.7. The number of hydrogen-bond donors (Lipinski definition) is 2. The molecule has 1 saturated heterocycles. The summed E-state index contributed by atoms with van der Waals surface area (Å²) < 4.78 is 11.5. The third kappa shape index (κ3) is 5.41. The molecule has 1 fully saturated rings. The van der Waals surface area contributed by atoms with Crippen molar-refractivity contribution in [3.63, 3.8) is 0 Å². The first-order valence-corrected chi connectivity index (χ1v) is 12.9. The van der Waals surface area contributed by atoms with Gasteiger partial charge in [-0.1, -0.05) is 30.3 Å². The predicted molar refractivity (Wildman–Crippen MR) is 144 cm³/mol. The van der Waals surface area contributed by atoms with Gasteiger partial charge in [-0.15, -0.1) is 0 Å². The van der Waals surface area contributed by atoms with Crippen LogP contribution in [0.15, 0.2) is 60.9 Å². The number of fused-ring (bicyclic) bond motifs is 1. The van der Waals surface area contributed by atoms with Crippen LogP contribution in [0.2, 0.25) is 0 Å². The molecule has 0 spiro atoms. The van der Waals surface area contributed by atoms with Gasteiger partial charge in [0.05, 0.1) is 24.9 Å². The molecule has 194 valence electrons. The van der Waals surface area contributed by atoms with E-state index >= 15 is 0 Å². The van der Waals surface area contributed by atoms with Gasteiger partial charge in [0.15, 0.2) is 5.82 Å². The number of benzene rings is 1. The van der Waals surface area contributed by atoms with Crippen LogP contribution in [0.5, 0.6) is 5.88 Å². The van der Waals surface area contributed by atoms with Crippen LogP contribution in [0.4, 0.5) is 17.6 Å². The number of hydrogen-bond acceptors (Lipinski definition) is 10. The second-order valence-electron chi connectivity index (χ2n) is 9.39. The van der Waals surface area contributed by atoms with E-state index in [4.69, 9.17) is 19.4 Å². The standard InChI is InChI=1S/C28H30N8O2/c1-19-17-37-14-13-36(19)27-22-9-11-29-16-23(22)32-26(35-27)21-7-8-24(31-15-21)33-28-30-12-10-25(34-28)38-18-20-5-3-2-4-6-20/h2-8,10,12,15,19,29H,9,11,13-14,16-18H2,1H3,(H,30,31,33,34). The molecule has 10 heteroatoms. The van der Waals surface area contributed by atoms with E-state index in [-0.39, 0.29) is 6.04 Å².